The second-order valence-electron chi connectivity index (χ2n) is 8.42. The summed E-state index contributed by atoms with van der Waals surface area (Å²) >= 11 is 0. The number of hydrogen-bond acceptors (Lipinski definition) is 3. The lowest BCUT2D eigenvalue weighted by atomic mass is 9.95. The summed E-state index contributed by atoms with van der Waals surface area (Å²) in [5.41, 5.74) is 4.32. The second-order valence-corrected chi connectivity index (χ2v) is 8.42. The van der Waals surface area contributed by atoms with Crippen LogP contribution >= 0.6 is 0 Å². The van der Waals surface area contributed by atoms with E-state index in [0.29, 0.717) is 36.3 Å². The topological polar surface area (TPSA) is 63.3 Å². The van der Waals surface area contributed by atoms with E-state index >= 15 is 0 Å². The maximum atomic E-state index is 13.8. The molecule has 0 saturated carbocycles. The number of aliphatic hydroxyl groups is 1. The monoisotopic (exact) mass is 450 g/mol. The molecule has 8 heteroatoms. The average molecular weight is 450 g/mol. The Kier molecular flexibility index (Phi) is 5.25. The summed E-state index contributed by atoms with van der Waals surface area (Å²) in [5, 5.41) is 14.8. The molecule has 33 heavy (non-hydrogen) atoms. The Hall–Kier alpha value is -3.52. The standard InChI is InChI=1S/C25H24F2N4O2/c1-15-23-21(24(29(2)28-23)18-12-19(26)14-20(27)13-18)6-8-31(15)25(33)17-3-4-22-16(11-17)5-7-30(22)9-10-32/h3-5,7,11-15,32H,6,8-10H2,1-2H3. The minimum Gasteiger partial charge on any atom is -0.395 e. The summed E-state index contributed by atoms with van der Waals surface area (Å²) in [5.74, 6) is -1.36. The van der Waals surface area contributed by atoms with Gasteiger partial charge in [-0.1, -0.05) is 0 Å². The minimum absolute atomic E-state index is 0.0480. The number of carbonyl (C=O) groups excluding carboxylic acids is 1. The second kappa shape index (κ2) is 8.12. The molecule has 0 fully saturated rings. The molecule has 2 aromatic carbocycles. The lowest BCUT2D eigenvalue weighted by Gasteiger charge is -2.33. The Labute approximate surface area is 189 Å². The van der Waals surface area contributed by atoms with Crippen molar-refractivity contribution in [3.63, 3.8) is 0 Å². The zero-order valence-corrected chi connectivity index (χ0v) is 18.4. The van der Waals surface area contributed by atoms with Crippen LogP contribution in [0.4, 0.5) is 8.78 Å². The van der Waals surface area contributed by atoms with Crippen LogP contribution in [0.25, 0.3) is 22.2 Å². The molecule has 170 valence electrons. The number of rotatable bonds is 4. The minimum atomic E-state index is -0.635. The van der Waals surface area contributed by atoms with Crippen LogP contribution in [0, 0.1) is 11.6 Å². The van der Waals surface area contributed by atoms with E-state index in [9.17, 15) is 18.7 Å². The molecule has 0 aliphatic carbocycles. The van der Waals surface area contributed by atoms with Gasteiger partial charge in [0, 0.05) is 60.0 Å². The number of nitrogens with zero attached hydrogens (tertiary/aromatic N) is 4. The zero-order valence-electron chi connectivity index (χ0n) is 18.4. The van der Waals surface area contributed by atoms with Gasteiger partial charge in [-0.05, 0) is 49.7 Å². The smallest absolute Gasteiger partial charge is 0.254 e. The number of aromatic nitrogens is 3. The van der Waals surface area contributed by atoms with Crippen LogP contribution in [-0.4, -0.2) is 43.4 Å². The van der Waals surface area contributed by atoms with Gasteiger partial charge in [-0.15, -0.1) is 0 Å². The fourth-order valence-corrected chi connectivity index (χ4v) is 4.88. The van der Waals surface area contributed by atoms with Crippen molar-refractivity contribution < 1.29 is 18.7 Å². The summed E-state index contributed by atoms with van der Waals surface area (Å²) in [7, 11) is 1.75. The molecular weight excluding hydrogens is 426 g/mol. The molecule has 1 aliphatic heterocycles. The number of halogens is 2. The predicted molar refractivity (Wildman–Crippen MR) is 121 cm³/mol. The molecule has 3 heterocycles. The molecule has 2 aromatic heterocycles. The van der Waals surface area contributed by atoms with Gasteiger partial charge in [-0.3, -0.25) is 9.48 Å². The number of carbonyl (C=O) groups is 1. The Balaban J connectivity index is 1.47. The van der Waals surface area contributed by atoms with E-state index in [0.717, 1.165) is 28.2 Å². The maximum Gasteiger partial charge on any atom is 0.254 e. The number of hydrogen-bond donors (Lipinski definition) is 1. The highest BCUT2D eigenvalue weighted by Gasteiger charge is 2.33. The van der Waals surface area contributed by atoms with E-state index in [1.54, 1.807) is 22.7 Å². The molecule has 1 N–H and O–H groups in total. The van der Waals surface area contributed by atoms with Crippen molar-refractivity contribution in [1.82, 2.24) is 19.2 Å². The summed E-state index contributed by atoms with van der Waals surface area (Å²) < 4.78 is 31.3. The molecule has 6 nitrogen and oxygen atoms in total. The van der Waals surface area contributed by atoms with Crippen molar-refractivity contribution in [2.45, 2.75) is 25.9 Å². The van der Waals surface area contributed by atoms with Crippen molar-refractivity contribution >= 4 is 16.8 Å². The number of aliphatic hydroxyl groups excluding tert-OH is 1. The molecular formula is C25H24F2N4O2. The van der Waals surface area contributed by atoms with E-state index in [2.05, 4.69) is 5.10 Å². The third kappa shape index (κ3) is 3.60. The van der Waals surface area contributed by atoms with Gasteiger partial charge >= 0.3 is 0 Å². The van der Waals surface area contributed by atoms with Crippen LogP contribution in [0.15, 0.2) is 48.7 Å². The lowest BCUT2D eigenvalue weighted by Crippen LogP contribution is -2.38. The molecule has 1 aliphatic rings. The molecule has 0 bridgehead atoms. The zero-order chi connectivity index (χ0) is 23.3. The molecule has 0 spiro atoms. The Morgan fingerprint density at radius 1 is 1.15 bits per heavy atom. The first-order valence-corrected chi connectivity index (χ1v) is 10.9. The first kappa shape index (κ1) is 21.3. The SMILES string of the molecule is CC1c2nn(C)c(-c3cc(F)cc(F)c3)c2CCN1C(=O)c1ccc2c(ccn2CCO)c1. The van der Waals surface area contributed by atoms with Crippen LogP contribution in [-0.2, 0) is 20.0 Å². The van der Waals surface area contributed by atoms with Gasteiger partial charge < -0.3 is 14.6 Å². The fraction of sp³-hybridized carbons (Fsp3) is 0.280. The number of amides is 1. The Morgan fingerprint density at radius 3 is 2.64 bits per heavy atom. The highest BCUT2D eigenvalue weighted by atomic mass is 19.1. The number of fused-ring (bicyclic) bond motifs is 2. The van der Waals surface area contributed by atoms with Crippen molar-refractivity contribution in [3.8, 4) is 11.3 Å². The van der Waals surface area contributed by atoms with E-state index in [1.807, 2.05) is 35.9 Å². The van der Waals surface area contributed by atoms with Gasteiger partial charge in [0.2, 0.25) is 0 Å². The highest BCUT2D eigenvalue weighted by molar-refractivity contribution is 5.98. The van der Waals surface area contributed by atoms with Gasteiger partial charge in [0.1, 0.15) is 11.6 Å². The lowest BCUT2D eigenvalue weighted by molar-refractivity contribution is 0.0674. The highest BCUT2D eigenvalue weighted by Crippen LogP contribution is 2.36. The number of benzene rings is 2. The van der Waals surface area contributed by atoms with Gasteiger partial charge in [-0.25, -0.2) is 8.78 Å². The molecule has 0 saturated heterocycles. The summed E-state index contributed by atoms with van der Waals surface area (Å²) in [4.78, 5) is 15.2. The quantitative estimate of drug-likeness (QED) is 0.510. The Morgan fingerprint density at radius 2 is 1.91 bits per heavy atom. The van der Waals surface area contributed by atoms with E-state index in [-0.39, 0.29) is 18.6 Å². The van der Waals surface area contributed by atoms with Crippen LogP contribution in [0.1, 0.15) is 34.6 Å². The first-order valence-electron chi connectivity index (χ1n) is 10.9. The first-order chi connectivity index (χ1) is 15.9. The van der Waals surface area contributed by atoms with Crippen molar-refractivity contribution in [2.24, 2.45) is 7.05 Å². The van der Waals surface area contributed by atoms with Gasteiger partial charge in [0.25, 0.3) is 5.91 Å². The largest absolute Gasteiger partial charge is 0.395 e. The van der Waals surface area contributed by atoms with Crippen LogP contribution < -0.4 is 0 Å². The maximum absolute atomic E-state index is 13.8. The van der Waals surface area contributed by atoms with Gasteiger partial charge in [0.05, 0.1) is 24.0 Å². The van der Waals surface area contributed by atoms with Crippen molar-refractivity contribution in [2.75, 3.05) is 13.2 Å². The summed E-state index contributed by atoms with van der Waals surface area (Å²) in [6.45, 7) is 2.95. The molecule has 5 rings (SSSR count). The third-order valence-corrected chi connectivity index (χ3v) is 6.40. The molecule has 4 aromatic rings. The number of aryl methyl sites for hydroxylation is 1. The average Bonchev–Trinajstić information content (AvgIpc) is 3.33. The van der Waals surface area contributed by atoms with E-state index in [1.165, 1.54) is 12.1 Å². The van der Waals surface area contributed by atoms with Gasteiger partial charge in [0.15, 0.2) is 0 Å². The van der Waals surface area contributed by atoms with Gasteiger partial charge in [-0.2, -0.15) is 5.10 Å². The summed E-state index contributed by atoms with van der Waals surface area (Å²) in [6, 6.07) is 10.7. The van der Waals surface area contributed by atoms with Crippen molar-refractivity contribution in [1.29, 1.82) is 0 Å². The Bertz CT molecular complexity index is 1350. The fourth-order valence-electron chi connectivity index (χ4n) is 4.88. The third-order valence-electron chi connectivity index (χ3n) is 6.40. The molecule has 1 amide bonds. The normalized spacial score (nSPS) is 15.8. The predicted octanol–water partition coefficient (Wildman–Crippen LogP) is 4.07. The molecule has 0 radical (unpaired) electrons. The van der Waals surface area contributed by atoms with Crippen LogP contribution in [0.2, 0.25) is 0 Å². The van der Waals surface area contributed by atoms with E-state index in [4.69, 9.17) is 0 Å². The van der Waals surface area contributed by atoms with E-state index < -0.39 is 11.6 Å². The van der Waals surface area contributed by atoms with Crippen molar-refractivity contribution in [3.05, 3.63) is 77.1 Å². The molecule has 1 atom stereocenters. The summed E-state index contributed by atoms with van der Waals surface area (Å²) in [6.07, 6.45) is 2.44. The van der Waals surface area contributed by atoms with Crippen LogP contribution in [0.5, 0.6) is 0 Å². The molecule has 1 unspecified atom stereocenters. The van der Waals surface area contributed by atoms with Crippen LogP contribution in [0.3, 0.4) is 0 Å².